The summed E-state index contributed by atoms with van der Waals surface area (Å²) in [5.74, 6) is -0.248. The fourth-order valence-electron chi connectivity index (χ4n) is 1.86. The Morgan fingerprint density at radius 1 is 1.00 bits per heavy atom. The first-order valence-corrected chi connectivity index (χ1v) is 6.95. The van der Waals surface area contributed by atoms with Gasteiger partial charge in [0.2, 0.25) is 5.91 Å². The number of halogens is 1. The Labute approximate surface area is 127 Å². The normalized spacial score (nSPS) is 10.1. The molecule has 0 fully saturated rings. The van der Waals surface area contributed by atoms with Crippen LogP contribution in [-0.2, 0) is 12.4 Å². The average Bonchev–Trinajstić information content (AvgIpc) is 2.53. The smallest absolute Gasteiger partial charge is 0.251 e. The maximum atomic E-state index is 12.0. The minimum Gasteiger partial charge on any atom is -0.366 e. The Morgan fingerprint density at radius 2 is 1.71 bits per heavy atom. The van der Waals surface area contributed by atoms with E-state index in [1.54, 1.807) is 30.3 Å². The van der Waals surface area contributed by atoms with Crippen molar-refractivity contribution >= 4 is 23.4 Å². The molecule has 108 valence electrons. The molecule has 5 heteroatoms. The lowest BCUT2D eigenvalue weighted by molar-refractivity contribution is 0.0950. The fourth-order valence-corrected chi connectivity index (χ4v) is 2.04. The van der Waals surface area contributed by atoms with Gasteiger partial charge in [0, 0.05) is 23.6 Å². The van der Waals surface area contributed by atoms with Crippen LogP contribution in [0.3, 0.4) is 0 Å². The van der Waals surface area contributed by atoms with E-state index in [-0.39, 0.29) is 5.91 Å². The molecule has 0 saturated heterocycles. The number of hydrogen-bond acceptors (Lipinski definition) is 2. The van der Waals surface area contributed by atoms with E-state index in [1.165, 1.54) is 0 Å². The van der Waals surface area contributed by atoms with Crippen molar-refractivity contribution in [2.75, 3.05) is 0 Å². The van der Waals surface area contributed by atoms with E-state index in [1.807, 2.05) is 18.2 Å². The van der Waals surface area contributed by atoms with Gasteiger partial charge in [0.05, 0.1) is 0 Å². The standard InChI is InChI=1S/C16H15ClN2O2/c17-9-11-4-6-13(7-5-11)16(21)19-10-12-2-1-3-14(8-12)15(18)20/h1-8H,9-10H2,(H2,18,20)(H,19,21). The van der Waals surface area contributed by atoms with Crippen molar-refractivity contribution in [3.8, 4) is 0 Å². The molecule has 2 aromatic rings. The van der Waals surface area contributed by atoms with Gasteiger partial charge in [-0.3, -0.25) is 9.59 Å². The van der Waals surface area contributed by atoms with E-state index in [9.17, 15) is 9.59 Å². The van der Waals surface area contributed by atoms with Crippen LogP contribution in [0.1, 0.15) is 31.8 Å². The van der Waals surface area contributed by atoms with Crippen LogP contribution < -0.4 is 11.1 Å². The molecule has 4 nitrogen and oxygen atoms in total. The van der Waals surface area contributed by atoms with Crippen LogP contribution in [0.2, 0.25) is 0 Å². The molecule has 0 spiro atoms. The van der Waals surface area contributed by atoms with Crippen molar-refractivity contribution in [1.82, 2.24) is 5.32 Å². The maximum Gasteiger partial charge on any atom is 0.251 e. The largest absolute Gasteiger partial charge is 0.366 e. The lowest BCUT2D eigenvalue weighted by Gasteiger charge is -2.07. The second-order valence-electron chi connectivity index (χ2n) is 4.58. The summed E-state index contributed by atoms with van der Waals surface area (Å²) >= 11 is 5.70. The van der Waals surface area contributed by atoms with Gasteiger partial charge in [0.1, 0.15) is 0 Å². The quantitative estimate of drug-likeness (QED) is 0.833. The highest BCUT2D eigenvalue weighted by molar-refractivity contribution is 6.17. The van der Waals surface area contributed by atoms with Crippen LogP contribution in [0.5, 0.6) is 0 Å². The number of carbonyl (C=O) groups excluding carboxylic acids is 2. The summed E-state index contributed by atoms with van der Waals surface area (Å²) in [4.78, 5) is 23.1. The SMILES string of the molecule is NC(=O)c1cccc(CNC(=O)c2ccc(CCl)cc2)c1. The van der Waals surface area contributed by atoms with Crippen molar-refractivity contribution in [3.05, 3.63) is 70.8 Å². The first kappa shape index (κ1) is 15.1. The molecule has 0 aliphatic rings. The van der Waals surface area contributed by atoms with Gasteiger partial charge in [-0.05, 0) is 35.4 Å². The van der Waals surface area contributed by atoms with Crippen LogP contribution in [0.25, 0.3) is 0 Å². The zero-order valence-corrected chi connectivity index (χ0v) is 12.1. The zero-order chi connectivity index (χ0) is 15.2. The molecule has 0 atom stereocenters. The van der Waals surface area contributed by atoms with E-state index in [0.717, 1.165) is 11.1 Å². The highest BCUT2D eigenvalue weighted by atomic mass is 35.5. The molecule has 3 N–H and O–H groups in total. The number of nitrogens with two attached hydrogens (primary N) is 1. The summed E-state index contributed by atoms with van der Waals surface area (Å²) in [7, 11) is 0. The third kappa shape index (κ3) is 4.07. The van der Waals surface area contributed by atoms with Gasteiger partial charge in [-0.1, -0.05) is 24.3 Å². The van der Waals surface area contributed by atoms with Gasteiger partial charge >= 0.3 is 0 Å². The number of carbonyl (C=O) groups is 2. The molecule has 0 bridgehead atoms. The molecule has 2 aromatic carbocycles. The second kappa shape index (κ2) is 6.90. The summed E-state index contributed by atoms with van der Waals surface area (Å²) in [6.07, 6.45) is 0. The molecular formula is C16H15ClN2O2. The van der Waals surface area contributed by atoms with E-state index < -0.39 is 5.91 Å². The Bertz CT molecular complexity index is 654. The predicted molar refractivity (Wildman–Crippen MR) is 82.1 cm³/mol. The van der Waals surface area contributed by atoms with Gasteiger partial charge in [0.25, 0.3) is 5.91 Å². The van der Waals surface area contributed by atoms with Crippen LogP contribution in [0.4, 0.5) is 0 Å². The van der Waals surface area contributed by atoms with Gasteiger partial charge < -0.3 is 11.1 Å². The lowest BCUT2D eigenvalue weighted by Crippen LogP contribution is -2.23. The third-order valence-electron chi connectivity index (χ3n) is 3.03. The molecule has 0 aliphatic carbocycles. The van der Waals surface area contributed by atoms with Crippen LogP contribution in [0, 0.1) is 0 Å². The summed E-state index contributed by atoms with van der Waals surface area (Å²) in [6.45, 7) is 0.331. The number of benzene rings is 2. The van der Waals surface area contributed by atoms with Gasteiger partial charge in [-0.2, -0.15) is 0 Å². The number of hydrogen-bond donors (Lipinski definition) is 2. The van der Waals surface area contributed by atoms with Crippen molar-refractivity contribution in [2.24, 2.45) is 5.73 Å². The minimum absolute atomic E-state index is 0.180. The monoisotopic (exact) mass is 302 g/mol. The Kier molecular flexibility index (Phi) is 4.95. The predicted octanol–water partition coefficient (Wildman–Crippen LogP) is 2.45. The molecule has 2 amide bonds. The lowest BCUT2D eigenvalue weighted by atomic mass is 10.1. The van der Waals surface area contributed by atoms with Crippen molar-refractivity contribution < 1.29 is 9.59 Å². The van der Waals surface area contributed by atoms with Crippen LogP contribution >= 0.6 is 11.6 Å². The number of amides is 2. The summed E-state index contributed by atoms with van der Waals surface area (Å²) < 4.78 is 0. The first-order valence-electron chi connectivity index (χ1n) is 6.42. The highest BCUT2D eigenvalue weighted by Gasteiger charge is 2.06. The number of alkyl halides is 1. The topological polar surface area (TPSA) is 72.2 Å². The third-order valence-corrected chi connectivity index (χ3v) is 3.34. The summed E-state index contributed by atoms with van der Waals surface area (Å²) in [6, 6.07) is 13.9. The zero-order valence-electron chi connectivity index (χ0n) is 11.3. The highest BCUT2D eigenvalue weighted by Crippen LogP contribution is 2.08. The van der Waals surface area contributed by atoms with Crippen molar-refractivity contribution in [1.29, 1.82) is 0 Å². The summed E-state index contributed by atoms with van der Waals surface area (Å²) in [5, 5.41) is 2.79. The molecule has 2 rings (SSSR count). The Hall–Kier alpha value is -2.33. The maximum absolute atomic E-state index is 12.0. The van der Waals surface area contributed by atoms with Gasteiger partial charge in [-0.15, -0.1) is 11.6 Å². The molecule has 0 heterocycles. The average molecular weight is 303 g/mol. The Morgan fingerprint density at radius 3 is 2.33 bits per heavy atom. The van der Waals surface area contributed by atoms with E-state index in [4.69, 9.17) is 17.3 Å². The van der Waals surface area contributed by atoms with Gasteiger partial charge in [-0.25, -0.2) is 0 Å². The van der Waals surface area contributed by atoms with Crippen molar-refractivity contribution in [2.45, 2.75) is 12.4 Å². The minimum atomic E-state index is -0.486. The molecule has 0 aliphatic heterocycles. The van der Waals surface area contributed by atoms with Gasteiger partial charge in [0.15, 0.2) is 0 Å². The van der Waals surface area contributed by atoms with E-state index >= 15 is 0 Å². The molecular weight excluding hydrogens is 288 g/mol. The number of primary amides is 1. The van der Waals surface area contributed by atoms with Crippen LogP contribution in [0.15, 0.2) is 48.5 Å². The van der Waals surface area contributed by atoms with Crippen LogP contribution in [-0.4, -0.2) is 11.8 Å². The molecule has 0 aromatic heterocycles. The van der Waals surface area contributed by atoms with E-state index in [0.29, 0.717) is 23.6 Å². The second-order valence-corrected chi connectivity index (χ2v) is 4.85. The Balaban J connectivity index is 2.00. The number of rotatable bonds is 5. The molecule has 21 heavy (non-hydrogen) atoms. The summed E-state index contributed by atoms with van der Waals surface area (Å²) in [5.41, 5.74) is 7.99. The van der Waals surface area contributed by atoms with Crippen molar-refractivity contribution in [3.63, 3.8) is 0 Å². The molecule has 0 saturated carbocycles. The fraction of sp³-hybridized carbons (Fsp3) is 0.125. The van der Waals surface area contributed by atoms with E-state index in [2.05, 4.69) is 5.32 Å². The first-order chi connectivity index (χ1) is 10.1. The molecule has 0 unspecified atom stereocenters. The number of nitrogens with one attached hydrogen (secondary N) is 1. The molecule has 0 radical (unpaired) electrons.